The summed E-state index contributed by atoms with van der Waals surface area (Å²) in [5, 5.41) is 8.82. The second kappa shape index (κ2) is 5.99. The Morgan fingerprint density at radius 2 is 2.16 bits per heavy atom. The first-order valence-corrected chi connectivity index (χ1v) is 6.70. The third kappa shape index (κ3) is 2.85. The van der Waals surface area contributed by atoms with Gasteiger partial charge in [0.15, 0.2) is 0 Å². The summed E-state index contributed by atoms with van der Waals surface area (Å²) in [6.07, 6.45) is 7.88. The summed E-state index contributed by atoms with van der Waals surface area (Å²) in [6.45, 7) is 5.15. The van der Waals surface area contributed by atoms with Crippen molar-refractivity contribution < 1.29 is 0 Å². The Hall–Kier alpha value is -1.66. The van der Waals surface area contributed by atoms with Gasteiger partial charge in [-0.3, -0.25) is 15.2 Å². The first-order valence-electron chi connectivity index (χ1n) is 6.70. The maximum atomic E-state index is 5.73. The predicted molar refractivity (Wildman–Crippen MR) is 74.3 cm³/mol. The molecule has 0 aliphatic heterocycles. The molecule has 0 aliphatic carbocycles. The van der Waals surface area contributed by atoms with E-state index in [1.54, 1.807) is 0 Å². The third-order valence-corrected chi connectivity index (χ3v) is 3.19. The molecule has 0 aliphatic rings. The Morgan fingerprint density at radius 3 is 2.79 bits per heavy atom. The maximum Gasteiger partial charge on any atom is 0.0774 e. The number of nitrogens with one attached hydrogen (secondary N) is 1. The minimum atomic E-state index is -0.0609. The second-order valence-corrected chi connectivity index (χ2v) is 4.69. The van der Waals surface area contributed by atoms with E-state index < -0.39 is 0 Å². The average Bonchev–Trinajstić information content (AvgIpc) is 2.98. The number of hydrazine groups is 1. The summed E-state index contributed by atoms with van der Waals surface area (Å²) in [7, 11) is 1.93. The number of aryl methyl sites for hydroxylation is 3. The Balaban J connectivity index is 2.32. The summed E-state index contributed by atoms with van der Waals surface area (Å²) >= 11 is 0. The summed E-state index contributed by atoms with van der Waals surface area (Å²) in [4.78, 5) is 0. The van der Waals surface area contributed by atoms with E-state index >= 15 is 0 Å². The largest absolute Gasteiger partial charge is 0.275 e. The Labute approximate surface area is 113 Å². The Kier molecular flexibility index (Phi) is 4.34. The van der Waals surface area contributed by atoms with Gasteiger partial charge in [0.2, 0.25) is 0 Å². The van der Waals surface area contributed by atoms with Crippen LogP contribution >= 0.6 is 0 Å². The highest BCUT2D eigenvalue weighted by Gasteiger charge is 2.19. The van der Waals surface area contributed by atoms with Crippen LogP contribution in [0.2, 0.25) is 0 Å². The molecule has 3 N–H and O–H groups in total. The Morgan fingerprint density at radius 1 is 1.37 bits per heavy atom. The average molecular weight is 262 g/mol. The minimum absolute atomic E-state index is 0.0609. The van der Waals surface area contributed by atoms with Crippen LogP contribution in [-0.2, 0) is 20.0 Å². The normalized spacial score (nSPS) is 12.8. The molecule has 0 fully saturated rings. The SMILES string of the molecule is CCCn1cc(C(NN)c2cn(C)nc2CC)cn1. The highest BCUT2D eigenvalue weighted by molar-refractivity contribution is 5.30. The number of hydrogen-bond acceptors (Lipinski definition) is 4. The van der Waals surface area contributed by atoms with Gasteiger partial charge in [0, 0.05) is 37.1 Å². The lowest BCUT2D eigenvalue weighted by molar-refractivity contribution is 0.597. The van der Waals surface area contributed by atoms with Crippen molar-refractivity contribution in [1.82, 2.24) is 25.0 Å². The van der Waals surface area contributed by atoms with Crippen molar-refractivity contribution in [3.05, 3.63) is 35.4 Å². The quantitative estimate of drug-likeness (QED) is 0.605. The maximum absolute atomic E-state index is 5.73. The summed E-state index contributed by atoms with van der Waals surface area (Å²) < 4.78 is 3.77. The van der Waals surface area contributed by atoms with E-state index in [0.717, 1.165) is 36.2 Å². The standard InChI is InChI=1S/C13H22N6/c1-4-6-19-8-10(7-15-19)13(16-14)11-9-18(3)17-12(11)5-2/h7-9,13,16H,4-6,14H2,1-3H3. The van der Waals surface area contributed by atoms with Crippen molar-refractivity contribution in [3.8, 4) is 0 Å². The first kappa shape index (κ1) is 13.8. The topological polar surface area (TPSA) is 73.7 Å². The highest BCUT2D eigenvalue weighted by Crippen LogP contribution is 2.23. The van der Waals surface area contributed by atoms with Crippen molar-refractivity contribution in [3.63, 3.8) is 0 Å². The van der Waals surface area contributed by atoms with Gasteiger partial charge in [-0.2, -0.15) is 10.2 Å². The zero-order valence-corrected chi connectivity index (χ0v) is 11.8. The zero-order chi connectivity index (χ0) is 13.8. The molecule has 0 amide bonds. The van der Waals surface area contributed by atoms with E-state index in [2.05, 4.69) is 29.5 Å². The van der Waals surface area contributed by atoms with Crippen LogP contribution in [0.15, 0.2) is 18.6 Å². The minimum Gasteiger partial charge on any atom is -0.275 e. The van der Waals surface area contributed by atoms with Crippen LogP contribution in [0.25, 0.3) is 0 Å². The van der Waals surface area contributed by atoms with Gasteiger partial charge in [0.25, 0.3) is 0 Å². The van der Waals surface area contributed by atoms with E-state index in [4.69, 9.17) is 5.84 Å². The molecule has 0 radical (unpaired) electrons. The summed E-state index contributed by atoms with van der Waals surface area (Å²) in [5.74, 6) is 5.73. The van der Waals surface area contributed by atoms with Crippen LogP contribution in [0.5, 0.6) is 0 Å². The lowest BCUT2D eigenvalue weighted by Crippen LogP contribution is -2.29. The van der Waals surface area contributed by atoms with Crippen LogP contribution in [0, 0.1) is 0 Å². The fourth-order valence-corrected chi connectivity index (χ4v) is 2.31. The van der Waals surface area contributed by atoms with Gasteiger partial charge in [-0.15, -0.1) is 0 Å². The number of nitrogens with two attached hydrogens (primary N) is 1. The molecule has 0 saturated carbocycles. The molecule has 0 bridgehead atoms. The van der Waals surface area contributed by atoms with Crippen molar-refractivity contribution in [2.45, 2.75) is 39.3 Å². The van der Waals surface area contributed by atoms with E-state index in [1.165, 1.54) is 0 Å². The second-order valence-electron chi connectivity index (χ2n) is 4.69. The van der Waals surface area contributed by atoms with Gasteiger partial charge < -0.3 is 0 Å². The molecule has 1 unspecified atom stereocenters. The lowest BCUT2D eigenvalue weighted by atomic mass is 10.0. The van der Waals surface area contributed by atoms with Crippen LogP contribution in [0.3, 0.4) is 0 Å². The van der Waals surface area contributed by atoms with E-state index in [9.17, 15) is 0 Å². The molecule has 19 heavy (non-hydrogen) atoms. The molecular formula is C13H22N6. The fourth-order valence-electron chi connectivity index (χ4n) is 2.31. The third-order valence-electron chi connectivity index (χ3n) is 3.19. The van der Waals surface area contributed by atoms with Gasteiger partial charge in [0.05, 0.1) is 17.9 Å². The number of rotatable bonds is 6. The predicted octanol–water partition coefficient (Wildman–Crippen LogP) is 1.14. The molecule has 2 aromatic rings. The molecule has 6 heteroatoms. The highest BCUT2D eigenvalue weighted by atomic mass is 15.3. The van der Waals surface area contributed by atoms with Crippen LogP contribution in [0.1, 0.15) is 43.1 Å². The lowest BCUT2D eigenvalue weighted by Gasteiger charge is -2.13. The Bertz CT molecular complexity index is 527. The van der Waals surface area contributed by atoms with Crippen LogP contribution in [-0.4, -0.2) is 19.6 Å². The van der Waals surface area contributed by atoms with E-state index in [1.807, 2.05) is 35.0 Å². The monoisotopic (exact) mass is 262 g/mol. The molecule has 104 valence electrons. The molecule has 0 saturated heterocycles. The molecule has 6 nitrogen and oxygen atoms in total. The molecular weight excluding hydrogens is 240 g/mol. The number of hydrogen-bond donors (Lipinski definition) is 2. The molecule has 2 aromatic heterocycles. The number of aromatic nitrogens is 4. The molecule has 0 spiro atoms. The van der Waals surface area contributed by atoms with Gasteiger partial charge >= 0.3 is 0 Å². The van der Waals surface area contributed by atoms with Crippen molar-refractivity contribution in [1.29, 1.82) is 0 Å². The number of nitrogens with zero attached hydrogens (tertiary/aromatic N) is 4. The van der Waals surface area contributed by atoms with Crippen molar-refractivity contribution >= 4 is 0 Å². The summed E-state index contributed by atoms with van der Waals surface area (Å²) in [6, 6.07) is -0.0609. The zero-order valence-electron chi connectivity index (χ0n) is 11.8. The van der Waals surface area contributed by atoms with E-state index in [0.29, 0.717) is 0 Å². The van der Waals surface area contributed by atoms with Gasteiger partial charge in [0.1, 0.15) is 0 Å². The van der Waals surface area contributed by atoms with Gasteiger partial charge in [-0.1, -0.05) is 13.8 Å². The van der Waals surface area contributed by atoms with Crippen molar-refractivity contribution in [2.24, 2.45) is 12.9 Å². The van der Waals surface area contributed by atoms with Crippen LogP contribution in [0.4, 0.5) is 0 Å². The van der Waals surface area contributed by atoms with Crippen LogP contribution < -0.4 is 11.3 Å². The van der Waals surface area contributed by atoms with E-state index in [-0.39, 0.29) is 6.04 Å². The molecule has 2 heterocycles. The molecule has 2 rings (SSSR count). The smallest absolute Gasteiger partial charge is 0.0774 e. The first-order chi connectivity index (χ1) is 9.19. The van der Waals surface area contributed by atoms with Gasteiger partial charge in [-0.05, 0) is 12.8 Å². The fraction of sp³-hybridized carbons (Fsp3) is 0.538. The van der Waals surface area contributed by atoms with Crippen molar-refractivity contribution in [2.75, 3.05) is 0 Å². The summed E-state index contributed by atoms with van der Waals surface area (Å²) in [5.41, 5.74) is 6.12. The molecule has 0 aromatic carbocycles. The van der Waals surface area contributed by atoms with Gasteiger partial charge in [-0.25, -0.2) is 5.43 Å². The molecule has 1 atom stereocenters.